The molecular formula is C13H16O2. The van der Waals surface area contributed by atoms with E-state index < -0.39 is 0 Å². The molecule has 0 atom stereocenters. The zero-order chi connectivity index (χ0) is 10.7. The van der Waals surface area contributed by atoms with Crippen LogP contribution in [0.25, 0.3) is 6.08 Å². The number of ether oxygens (including phenoxy) is 1. The van der Waals surface area contributed by atoms with Crippen LogP contribution in [0.5, 0.6) is 5.75 Å². The summed E-state index contributed by atoms with van der Waals surface area (Å²) in [5, 5.41) is 9.21. The van der Waals surface area contributed by atoms with E-state index in [1.165, 1.54) is 12.8 Å². The summed E-state index contributed by atoms with van der Waals surface area (Å²) < 4.78 is 5.09. The van der Waals surface area contributed by atoms with Gasteiger partial charge in [0, 0.05) is 0 Å². The van der Waals surface area contributed by atoms with Gasteiger partial charge >= 0.3 is 0 Å². The summed E-state index contributed by atoms with van der Waals surface area (Å²) in [7, 11) is 1.66. The Balaban J connectivity index is 2.14. The summed E-state index contributed by atoms with van der Waals surface area (Å²) >= 11 is 0. The lowest BCUT2D eigenvalue weighted by atomic mass is 10.1. The van der Waals surface area contributed by atoms with Crippen molar-refractivity contribution in [1.82, 2.24) is 0 Å². The zero-order valence-corrected chi connectivity index (χ0v) is 8.94. The fraction of sp³-hybridized carbons (Fsp3) is 0.385. The molecule has 0 aromatic heterocycles. The van der Waals surface area contributed by atoms with Crippen LogP contribution in [0.4, 0.5) is 0 Å². The van der Waals surface area contributed by atoms with Crippen molar-refractivity contribution in [2.24, 2.45) is 5.92 Å². The third kappa shape index (κ3) is 2.60. The van der Waals surface area contributed by atoms with E-state index in [-0.39, 0.29) is 6.61 Å². The first-order valence-electron chi connectivity index (χ1n) is 5.29. The predicted octanol–water partition coefficient (Wildman–Crippen LogP) is 2.48. The summed E-state index contributed by atoms with van der Waals surface area (Å²) in [6, 6.07) is 7.90. The zero-order valence-electron chi connectivity index (χ0n) is 8.94. The number of rotatable bonds is 4. The van der Waals surface area contributed by atoms with Gasteiger partial charge in [0.15, 0.2) is 0 Å². The molecule has 2 rings (SSSR count). The third-order valence-electron chi connectivity index (χ3n) is 2.75. The maximum Gasteiger partial charge on any atom is 0.118 e. The Labute approximate surface area is 90.2 Å². The van der Waals surface area contributed by atoms with Crippen LogP contribution in [0.1, 0.15) is 18.4 Å². The minimum atomic E-state index is 0.177. The third-order valence-corrected chi connectivity index (χ3v) is 2.75. The van der Waals surface area contributed by atoms with Gasteiger partial charge in [-0.15, -0.1) is 0 Å². The number of benzene rings is 1. The second-order valence-electron chi connectivity index (χ2n) is 3.92. The first-order valence-corrected chi connectivity index (χ1v) is 5.29. The maximum absolute atomic E-state index is 9.21. The van der Waals surface area contributed by atoms with Gasteiger partial charge in [0.2, 0.25) is 0 Å². The topological polar surface area (TPSA) is 29.5 Å². The van der Waals surface area contributed by atoms with Crippen LogP contribution in [0, 0.1) is 5.92 Å². The van der Waals surface area contributed by atoms with Gasteiger partial charge in [-0.05, 0) is 42.0 Å². The molecule has 1 aliphatic rings. The van der Waals surface area contributed by atoms with Gasteiger partial charge in [-0.1, -0.05) is 18.2 Å². The fourth-order valence-electron chi connectivity index (χ4n) is 1.66. The average Bonchev–Trinajstić information content (AvgIpc) is 3.10. The van der Waals surface area contributed by atoms with E-state index in [0.717, 1.165) is 16.9 Å². The monoisotopic (exact) mass is 204 g/mol. The molecule has 0 spiro atoms. The fourth-order valence-corrected chi connectivity index (χ4v) is 1.66. The second kappa shape index (κ2) is 4.49. The van der Waals surface area contributed by atoms with Crippen molar-refractivity contribution < 1.29 is 9.84 Å². The Morgan fingerprint density at radius 2 is 2.07 bits per heavy atom. The van der Waals surface area contributed by atoms with E-state index >= 15 is 0 Å². The van der Waals surface area contributed by atoms with Crippen LogP contribution in [0.2, 0.25) is 0 Å². The summed E-state index contributed by atoms with van der Waals surface area (Å²) in [5.41, 5.74) is 2.28. The van der Waals surface area contributed by atoms with Crippen molar-refractivity contribution in [3.05, 3.63) is 35.4 Å². The van der Waals surface area contributed by atoms with Gasteiger partial charge < -0.3 is 9.84 Å². The molecule has 80 valence electrons. The molecule has 0 heterocycles. The number of methoxy groups -OCH3 is 1. The first-order chi connectivity index (χ1) is 7.33. The van der Waals surface area contributed by atoms with Gasteiger partial charge in [0.1, 0.15) is 5.75 Å². The van der Waals surface area contributed by atoms with Crippen molar-refractivity contribution >= 4 is 6.08 Å². The standard InChI is InChI=1S/C13H16O2/c1-15-13-6-2-10(3-7-13)8-12(9-14)11-4-5-11/h2-3,6-8,11,14H,4-5,9H2,1H3/b12-8+. The van der Waals surface area contributed by atoms with E-state index in [4.69, 9.17) is 4.74 Å². The van der Waals surface area contributed by atoms with Crippen LogP contribution in [-0.2, 0) is 0 Å². The predicted molar refractivity (Wildman–Crippen MR) is 60.8 cm³/mol. The quantitative estimate of drug-likeness (QED) is 0.816. The highest BCUT2D eigenvalue weighted by molar-refractivity contribution is 5.55. The minimum absolute atomic E-state index is 0.177. The van der Waals surface area contributed by atoms with Crippen LogP contribution >= 0.6 is 0 Å². The van der Waals surface area contributed by atoms with Gasteiger partial charge in [-0.3, -0.25) is 0 Å². The summed E-state index contributed by atoms with van der Waals surface area (Å²) in [6.07, 6.45) is 4.53. The van der Waals surface area contributed by atoms with E-state index in [9.17, 15) is 5.11 Å². The Morgan fingerprint density at radius 1 is 1.40 bits per heavy atom. The highest BCUT2D eigenvalue weighted by atomic mass is 16.5. The molecule has 0 radical (unpaired) electrons. The number of hydrogen-bond donors (Lipinski definition) is 1. The van der Waals surface area contributed by atoms with E-state index in [1.807, 2.05) is 24.3 Å². The number of hydrogen-bond acceptors (Lipinski definition) is 2. The van der Waals surface area contributed by atoms with Crippen molar-refractivity contribution in [1.29, 1.82) is 0 Å². The largest absolute Gasteiger partial charge is 0.497 e. The van der Waals surface area contributed by atoms with E-state index in [2.05, 4.69) is 6.08 Å². The number of aliphatic hydroxyl groups is 1. The minimum Gasteiger partial charge on any atom is -0.497 e. The van der Waals surface area contributed by atoms with Crippen molar-refractivity contribution in [3.8, 4) is 5.75 Å². The maximum atomic E-state index is 9.21. The molecule has 0 bridgehead atoms. The van der Waals surface area contributed by atoms with Crippen LogP contribution in [0.15, 0.2) is 29.8 Å². The molecule has 1 saturated carbocycles. The van der Waals surface area contributed by atoms with Gasteiger partial charge in [0.05, 0.1) is 13.7 Å². The number of aliphatic hydroxyl groups excluding tert-OH is 1. The highest BCUT2D eigenvalue weighted by Crippen LogP contribution is 2.37. The smallest absolute Gasteiger partial charge is 0.118 e. The van der Waals surface area contributed by atoms with E-state index in [1.54, 1.807) is 7.11 Å². The molecule has 1 fully saturated rings. The Morgan fingerprint density at radius 3 is 2.53 bits per heavy atom. The molecule has 1 aliphatic carbocycles. The summed E-state index contributed by atoms with van der Waals surface area (Å²) in [5.74, 6) is 1.49. The molecule has 1 N–H and O–H groups in total. The molecule has 0 saturated heterocycles. The van der Waals surface area contributed by atoms with Crippen LogP contribution < -0.4 is 4.74 Å². The van der Waals surface area contributed by atoms with Crippen LogP contribution in [-0.4, -0.2) is 18.8 Å². The lowest BCUT2D eigenvalue weighted by Crippen LogP contribution is -1.92. The van der Waals surface area contributed by atoms with Crippen molar-refractivity contribution in [2.75, 3.05) is 13.7 Å². The van der Waals surface area contributed by atoms with E-state index in [0.29, 0.717) is 5.92 Å². The molecule has 2 nitrogen and oxygen atoms in total. The van der Waals surface area contributed by atoms with Crippen LogP contribution in [0.3, 0.4) is 0 Å². The molecule has 0 amide bonds. The van der Waals surface area contributed by atoms with Crippen molar-refractivity contribution in [3.63, 3.8) is 0 Å². The summed E-state index contributed by atoms with van der Waals surface area (Å²) in [6.45, 7) is 0.177. The Kier molecular flexibility index (Phi) is 3.07. The second-order valence-corrected chi connectivity index (χ2v) is 3.92. The normalized spacial score (nSPS) is 16.5. The van der Waals surface area contributed by atoms with Gasteiger partial charge in [0.25, 0.3) is 0 Å². The molecule has 15 heavy (non-hydrogen) atoms. The first kappa shape index (κ1) is 10.2. The highest BCUT2D eigenvalue weighted by Gasteiger charge is 2.24. The SMILES string of the molecule is COc1ccc(/C=C(\CO)C2CC2)cc1. The Hall–Kier alpha value is -1.28. The van der Waals surface area contributed by atoms with Gasteiger partial charge in [-0.25, -0.2) is 0 Å². The Bertz CT molecular complexity index is 347. The lowest BCUT2D eigenvalue weighted by molar-refractivity contribution is 0.326. The average molecular weight is 204 g/mol. The van der Waals surface area contributed by atoms with Gasteiger partial charge in [-0.2, -0.15) is 0 Å². The molecule has 0 unspecified atom stereocenters. The molecule has 1 aromatic carbocycles. The molecule has 1 aromatic rings. The lowest BCUT2D eigenvalue weighted by Gasteiger charge is -2.03. The summed E-state index contributed by atoms with van der Waals surface area (Å²) in [4.78, 5) is 0. The molecular weight excluding hydrogens is 188 g/mol. The van der Waals surface area contributed by atoms with Crippen molar-refractivity contribution in [2.45, 2.75) is 12.8 Å². The molecule has 0 aliphatic heterocycles. The molecule has 2 heteroatoms.